The molecule has 0 aliphatic heterocycles. The molecule has 0 atom stereocenters. The third-order valence-corrected chi connectivity index (χ3v) is 6.52. The molecule has 1 aromatic carbocycles. The molecule has 24 heavy (non-hydrogen) atoms. The Hall–Kier alpha value is -1.64. The second-order valence-electron chi connectivity index (χ2n) is 8.75. The van der Waals surface area contributed by atoms with Crippen LogP contribution < -0.4 is 5.43 Å². The fourth-order valence-electron chi connectivity index (χ4n) is 6.03. The van der Waals surface area contributed by atoms with Crippen molar-refractivity contribution in [3.63, 3.8) is 0 Å². The maximum absolute atomic E-state index is 12.4. The number of nitrogens with zero attached hydrogens (tertiary/aromatic N) is 1. The second kappa shape index (κ2) is 6.02. The van der Waals surface area contributed by atoms with Crippen molar-refractivity contribution in [1.82, 2.24) is 5.43 Å². The van der Waals surface area contributed by atoms with Gasteiger partial charge in [-0.2, -0.15) is 5.10 Å². The van der Waals surface area contributed by atoms with E-state index in [1.165, 1.54) is 49.7 Å². The molecule has 0 spiro atoms. The molecule has 0 unspecified atom stereocenters. The number of aryl methyl sites for hydroxylation is 2. The van der Waals surface area contributed by atoms with Crippen molar-refractivity contribution in [2.24, 2.45) is 28.3 Å². The summed E-state index contributed by atoms with van der Waals surface area (Å²) in [6.45, 7) is 4.16. The molecule has 0 aromatic heterocycles. The average Bonchev–Trinajstić information content (AvgIpc) is 2.47. The molecule has 4 fully saturated rings. The summed E-state index contributed by atoms with van der Waals surface area (Å²) < 4.78 is 0. The fraction of sp³-hybridized carbons (Fsp3) is 0.619. The lowest BCUT2D eigenvalue weighted by Crippen LogP contribution is -2.47. The first kappa shape index (κ1) is 15.9. The van der Waals surface area contributed by atoms with Gasteiger partial charge < -0.3 is 0 Å². The number of amides is 1. The van der Waals surface area contributed by atoms with Crippen LogP contribution in [0.3, 0.4) is 0 Å². The van der Waals surface area contributed by atoms with E-state index >= 15 is 0 Å². The Morgan fingerprint density at radius 2 is 1.79 bits per heavy atom. The molecular weight excluding hydrogens is 296 g/mol. The third-order valence-electron chi connectivity index (χ3n) is 6.52. The van der Waals surface area contributed by atoms with E-state index < -0.39 is 0 Å². The van der Waals surface area contributed by atoms with Gasteiger partial charge in [-0.25, -0.2) is 5.43 Å². The molecule has 4 bridgehead atoms. The highest BCUT2D eigenvalue weighted by Gasteiger charge is 2.51. The number of carbonyl (C=O) groups is 1. The van der Waals surface area contributed by atoms with E-state index in [0.717, 1.165) is 23.3 Å². The normalized spacial score (nSPS) is 34.0. The number of benzene rings is 1. The van der Waals surface area contributed by atoms with Gasteiger partial charge in [0.05, 0.1) is 6.21 Å². The van der Waals surface area contributed by atoms with Crippen LogP contribution in [-0.4, -0.2) is 12.1 Å². The Morgan fingerprint density at radius 3 is 2.38 bits per heavy atom. The highest BCUT2D eigenvalue weighted by molar-refractivity contribution is 5.84. The van der Waals surface area contributed by atoms with E-state index in [0.29, 0.717) is 6.42 Å². The van der Waals surface area contributed by atoms with Gasteiger partial charge >= 0.3 is 0 Å². The van der Waals surface area contributed by atoms with Gasteiger partial charge in [-0.1, -0.05) is 23.8 Å². The molecule has 3 heteroatoms. The van der Waals surface area contributed by atoms with Crippen LogP contribution in [0.2, 0.25) is 0 Å². The Bertz CT molecular complexity index is 641. The van der Waals surface area contributed by atoms with Gasteiger partial charge in [-0.05, 0) is 86.7 Å². The number of nitrogens with one attached hydrogen (secondary N) is 1. The van der Waals surface area contributed by atoms with Crippen LogP contribution in [0.5, 0.6) is 0 Å². The van der Waals surface area contributed by atoms with E-state index in [9.17, 15) is 4.79 Å². The van der Waals surface area contributed by atoms with Crippen LogP contribution in [0.15, 0.2) is 23.3 Å². The van der Waals surface area contributed by atoms with Crippen LogP contribution in [0, 0.1) is 37.0 Å². The van der Waals surface area contributed by atoms with Crippen LogP contribution in [0.25, 0.3) is 0 Å². The Balaban J connectivity index is 1.36. The molecular formula is C21H28N2O. The summed E-state index contributed by atoms with van der Waals surface area (Å²) in [5.74, 6) is 2.77. The van der Waals surface area contributed by atoms with E-state index in [1.54, 1.807) is 6.21 Å². The van der Waals surface area contributed by atoms with Crippen molar-refractivity contribution in [2.45, 2.75) is 58.8 Å². The van der Waals surface area contributed by atoms with Crippen molar-refractivity contribution < 1.29 is 4.79 Å². The Kier molecular flexibility index (Phi) is 3.98. The maximum atomic E-state index is 12.4. The molecule has 128 valence electrons. The summed E-state index contributed by atoms with van der Waals surface area (Å²) in [6, 6.07) is 6.27. The van der Waals surface area contributed by atoms with Gasteiger partial charge in [0, 0.05) is 6.42 Å². The second-order valence-corrected chi connectivity index (χ2v) is 8.75. The van der Waals surface area contributed by atoms with Crippen LogP contribution >= 0.6 is 0 Å². The van der Waals surface area contributed by atoms with Crippen molar-refractivity contribution in [3.05, 3.63) is 34.9 Å². The lowest BCUT2D eigenvalue weighted by molar-refractivity contribution is -0.129. The zero-order chi connectivity index (χ0) is 16.7. The number of carbonyl (C=O) groups excluding carboxylic acids is 1. The minimum Gasteiger partial charge on any atom is -0.273 e. The van der Waals surface area contributed by atoms with Gasteiger partial charge in [0.15, 0.2) is 0 Å². The van der Waals surface area contributed by atoms with E-state index in [1.807, 2.05) is 0 Å². The minimum atomic E-state index is 0.0953. The SMILES string of the molecule is Cc1ccc(/C=N\NC(=O)CC23CC4CC(CC(C4)C2)C3)c(C)c1. The smallest absolute Gasteiger partial charge is 0.240 e. The topological polar surface area (TPSA) is 41.5 Å². The van der Waals surface area contributed by atoms with Crippen molar-refractivity contribution in [1.29, 1.82) is 0 Å². The molecule has 5 rings (SSSR count). The summed E-state index contributed by atoms with van der Waals surface area (Å²) in [5, 5.41) is 4.21. The van der Waals surface area contributed by atoms with Gasteiger partial charge in [0.2, 0.25) is 5.91 Å². The molecule has 4 aliphatic rings. The minimum absolute atomic E-state index is 0.0953. The molecule has 4 saturated carbocycles. The van der Waals surface area contributed by atoms with Gasteiger partial charge in [0.25, 0.3) is 0 Å². The van der Waals surface area contributed by atoms with Crippen molar-refractivity contribution in [2.75, 3.05) is 0 Å². The van der Waals surface area contributed by atoms with Crippen molar-refractivity contribution >= 4 is 12.1 Å². The maximum Gasteiger partial charge on any atom is 0.240 e. The van der Waals surface area contributed by atoms with Crippen LogP contribution in [0.4, 0.5) is 0 Å². The molecule has 3 nitrogen and oxygen atoms in total. The first-order valence-corrected chi connectivity index (χ1v) is 9.40. The van der Waals surface area contributed by atoms with Crippen molar-refractivity contribution in [3.8, 4) is 0 Å². The van der Waals surface area contributed by atoms with E-state index in [-0.39, 0.29) is 11.3 Å². The van der Waals surface area contributed by atoms with Crippen LogP contribution in [-0.2, 0) is 4.79 Å². The Labute approximate surface area is 144 Å². The van der Waals surface area contributed by atoms with E-state index in [4.69, 9.17) is 0 Å². The largest absolute Gasteiger partial charge is 0.273 e. The summed E-state index contributed by atoms with van der Waals surface area (Å²) in [6.07, 6.45) is 10.5. The molecule has 0 radical (unpaired) electrons. The number of hydrazone groups is 1. The van der Waals surface area contributed by atoms with Crippen LogP contribution in [0.1, 0.15) is 61.6 Å². The monoisotopic (exact) mass is 324 g/mol. The average molecular weight is 324 g/mol. The highest BCUT2D eigenvalue weighted by Crippen LogP contribution is 2.61. The zero-order valence-electron chi connectivity index (χ0n) is 14.8. The van der Waals surface area contributed by atoms with Gasteiger partial charge in [-0.15, -0.1) is 0 Å². The quantitative estimate of drug-likeness (QED) is 0.649. The highest BCUT2D eigenvalue weighted by atomic mass is 16.2. The lowest BCUT2D eigenvalue weighted by Gasteiger charge is -2.56. The first-order chi connectivity index (χ1) is 11.5. The molecule has 0 saturated heterocycles. The first-order valence-electron chi connectivity index (χ1n) is 9.40. The lowest BCUT2D eigenvalue weighted by atomic mass is 9.49. The Morgan fingerprint density at radius 1 is 1.17 bits per heavy atom. The number of rotatable bonds is 4. The number of hydrogen-bond donors (Lipinski definition) is 1. The molecule has 1 aromatic rings. The molecule has 1 amide bonds. The zero-order valence-corrected chi connectivity index (χ0v) is 14.8. The molecule has 4 aliphatic carbocycles. The molecule has 1 N–H and O–H groups in total. The number of hydrogen-bond acceptors (Lipinski definition) is 2. The standard InChI is InChI=1S/C21H28N2O/c1-14-3-4-19(15(2)5-14)13-22-23-20(24)12-21-9-16-6-17(10-21)8-18(7-16)11-21/h3-5,13,16-18H,6-12H2,1-2H3,(H,23,24)/b22-13-. The predicted molar refractivity (Wildman–Crippen MR) is 96.9 cm³/mol. The predicted octanol–water partition coefficient (Wildman–Crippen LogP) is 4.36. The van der Waals surface area contributed by atoms with Gasteiger partial charge in [-0.3, -0.25) is 4.79 Å². The third kappa shape index (κ3) is 3.13. The van der Waals surface area contributed by atoms with Gasteiger partial charge in [0.1, 0.15) is 0 Å². The molecule has 0 heterocycles. The fourth-order valence-corrected chi connectivity index (χ4v) is 6.03. The summed E-state index contributed by atoms with van der Waals surface area (Å²) in [4.78, 5) is 12.4. The summed E-state index contributed by atoms with van der Waals surface area (Å²) in [7, 11) is 0. The van der Waals surface area contributed by atoms with E-state index in [2.05, 4.69) is 42.6 Å². The summed E-state index contributed by atoms with van der Waals surface area (Å²) >= 11 is 0. The summed E-state index contributed by atoms with van der Waals surface area (Å²) in [5.41, 5.74) is 6.56.